The number of allylic oxidation sites excluding steroid dienone is 4. The van der Waals surface area contributed by atoms with E-state index in [1.807, 2.05) is 47.4 Å². The third-order valence-electron chi connectivity index (χ3n) is 4.73. The van der Waals surface area contributed by atoms with E-state index >= 15 is 0 Å². The van der Waals surface area contributed by atoms with Crippen LogP contribution in [-0.2, 0) is 4.74 Å². The fraction of sp³-hybridized carbons (Fsp3) is 0.292. The van der Waals surface area contributed by atoms with E-state index in [0.717, 1.165) is 11.3 Å². The minimum Gasteiger partial charge on any atom is -0.480 e. The molecule has 1 aromatic carbocycles. The first-order valence-corrected chi connectivity index (χ1v) is 9.72. The quantitative estimate of drug-likeness (QED) is 0.493. The molecule has 1 aromatic rings. The highest BCUT2D eigenvalue weighted by molar-refractivity contribution is 5.61. The largest absolute Gasteiger partial charge is 0.480 e. The molecular formula is C24H24N4O3. The fourth-order valence-corrected chi connectivity index (χ4v) is 3.21. The molecule has 158 valence electrons. The number of benzene rings is 1. The van der Waals surface area contributed by atoms with Crippen molar-refractivity contribution in [1.29, 1.82) is 15.8 Å². The number of anilines is 1. The summed E-state index contributed by atoms with van der Waals surface area (Å²) in [5, 5.41) is 46.1. The van der Waals surface area contributed by atoms with Crippen LogP contribution in [0.1, 0.15) is 19.4 Å². The number of rotatable bonds is 8. The van der Waals surface area contributed by atoms with Gasteiger partial charge in [-0.25, -0.2) is 0 Å². The Bertz CT molecular complexity index is 1020. The number of ether oxygens (including phenoxy) is 1. The minimum atomic E-state index is -0.839. The van der Waals surface area contributed by atoms with Gasteiger partial charge in [0.1, 0.15) is 29.4 Å². The maximum atomic E-state index is 9.53. The number of aliphatic hydroxyl groups excluding tert-OH is 2. The smallest absolute Gasteiger partial charge is 0.172 e. The normalized spacial score (nSPS) is 14.9. The van der Waals surface area contributed by atoms with Gasteiger partial charge in [-0.15, -0.1) is 0 Å². The summed E-state index contributed by atoms with van der Waals surface area (Å²) in [5.41, 5.74) is 1.58. The molecule has 1 aliphatic rings. The molecule has 1 aliphatic heterocycles. The van der Waals surface area contributed by atoms with Crippen LogP contribution >= 0.6 is 0 Å². The van der Waals surface area contributed by atoms with E-state index in [2.05, 4.69) is 0 Å². The predicted molar refractivity (Wildman–Crippen MR) is 117 cm³/mol. The van der Waals surface area contributed by atoms with Gasteiger partial charge in [0.2, 0.25) is 0 Å². The van der Waals surface area contributed by atoms with Crippen LogP contribution in [0.4, 0.5) is 5.69 Å². The maximum Gasteiger partial charge on any atom is 0.172 e. The third-order valence-corrected chi connectivity index (χ3v) is 4.73. The number of nitriles is 3. The van der Waals surface area contributed by atoms with Crippen LogP contribution in [0.2, 0.25) is 0 Å². The number of nitrogens with zero attached hydrogens (tertiary/aromatic N) is 4. The highest BCUT2D eigenvalue weighted by Crippen LogP contribution is 2.40. The zero-order valence-electron chi connectivity index (χ0n) is 17.5. The molecular weight excluding hydrogens is 392 g/mol. The van der Waals surface area contributed by atoms with Crippen molar-refractivity contribution in [2.75, 3.05) is 31.2 Å². The molecule has 0 spiro atoms. The van der Waals surface area contributed by atoms with Gasteiger partial charge in [0, 0.05) is 24.4 Å². The molecule has 2 N–H and O–H groups in total. The molecule has 0 radical (unpaired) electrons. The van der Waals surface area contributed by atoms with E-state index in [-0.39, 0.29) is 30.1 Å². The average molecular weight is 416 g/mol. The molecule has 2 rings (SSSR count). The zero-order valence-corrected chi connectivity index (χ0v) is 17.5. The Morgan fingerprint density at radius 1 is 1.00 bits per heavy atom. The Morgan fingerprint density at radius 2 is 1.58 bits per heavy atom. The summed E-state index contributed by atoms with van der Waals surface area (Å²) in [6.45, 7) is 4.46. The molecule has 0 fully saturated rings. The summed E-state index contributed by atoms with van der Waals surface area (Å²) >= 11 is 0. The van der Waals surface area contributed by atoms with Gasteiger partial charge in [-0.2, -0.15) is 15.8 Å². The van der Waals surface area contributed by atoms with Crippen LogP contribution in [0.3, 0.4) is 0 Å². The van der Waals surface area contributed by atoms with Crippen LogP contribution in [-0.4, -0.2) is 42.1 Å². The molecule has 1 heterocycles. The summed E-state index contributed by atoms with van der Waals surface area (Å²) in [6, 6.07) is 13.3. The molecule has 31 heavy (non-hydrogen) atoms. The van der Waals surface area contributed by atoms with E-state index in [0.29, 0.717) is 18.7 Å². The molecule has 7 heteroatoms. The van der Waals surface area contributed by atoms with Crippen molar-refractivity contribution < 1.29 is 14.9 Å². The lowest BCUT2D eigenvalue weighted by atomic mass is 9.94. The van der Waals surface area contributed by atoms with Crippen molar-refractivity contribution >= 4 is 11.8 Å². The second kappa shape index (κ2) is 10.8. The van der Waals surface area contributed by atoms with Crippen LogP contribution in [0, 0.1) is 34.0 Å². The van der Waals surface area contributed by atoms with Crippen molar-refractivity contribution in [2.24, 2.45) is 0 Å². The van der Waals surface area contributed by atoms with E-state index in [4.69, 9.17) is 25.5 Å². The molecule has 0 atom stereocenters. The molecule has 0 unspecified atom stereocenters. The van der Waals surface area contributed by atoms with Gasteiger partial charge >= 0.3 is 0 Å². The number of hydrogen-bond acceptors (Lipinski definition) is 7. The SMILES string of the molecule is CC1(C)OC(=C(C#N)C#N)C(C#N)=C1/C=C/C=C/c1ccc(N(CCO)CCO)cc1. The lowest BCUT2D eigenvalue weighted by Crippen LogP contribution is -2.29. The Hall–Kier alpha value is -3.83. The molecule has 0 bridgehead atoms. The van der Waals surface area contributed by atoms with Crippen LogP contribution in [0.15, 0.2) is 65.0 Å². The van der Waals surface area contributed by atoms with Gasteiger partial charge in [0.25, 0.3) is 0 Å². The molecule has 0 saturated heterocycles. The van der Waals surface area contributed by atoms with Gasteiger partial charge in [0.15, 0.2) is 11.3 Å². The Balaban J connectivity index is 2.22. The van der Waals surface area contributed by atoms with Crippen molar-refractivity contribution in [3.05, 3.63) is 70.5 Å². The minimum absolute atomic E-state index is 0.00811. The lowest BCUT2D eigenvalue weighted by Gasteiger charge is -2.22. The van der Waals surface area contributed by atoms with Gasteiger partial charge in [0.05, 0.1) is 13.2 Å². The summed E-state index contributed by atoms with van der Waals surface area (Å²) in [7, 11) is 0. The second-order valence-corrected chi connectivity index (χ2v) is 7.18. The average Bonchev–Trinajstić information content (AvgIpc) is 3.02. The first kappa shape index (κ1) is 23.4. The van der Waals surface area contributed by atoms with Gasteiger partial charge in [-0.05, 0) is 31.5 Å². The summed E-state index contributed by atoms with van der Waals surface area (Å²) in [6.07, 6.45) is 7.23. The predicted octanol–water partition coefficient (Wildman–Crippen LogP) is 2.98. The molecule has 7 nitrogen and oxygen atoms in total. The van der Waals surface area contributed by atoms with E-state index < -0.39 is 5.60 Å². The first-order valence-electron chi connectivity index (χ1n) is 9.72. The molecule has 0 aromatic heterocycles. The van der Waals surface area contributed by atoms with Crippen LogP contribution in [0.5, 0.6) is 0 Å². The fourth-order valence-electron chi connectivity index (χ4n) is 3.21. The Kier molecular flexibility index (Phi) is 8.17. The topological polar surface area (TPSA) is 124 Å². The molecule has 0 amide bonds. The van der Waals surface area contributed by atoms with Crippen molar-refractivity contribution in [3.8, 4) is 18.2 Å². The van der Waals surface area contributed by atoms with E-state index in [1.165, 1.54) is 0 Å². The summed E-state index contributed by atoms with van der Waals surface area (Å²) in [5.74, 6) is 0.0204. The Labute approximate surface area is 182 Å². The highest BCUT2D eigenvalue weighted by atomic mass is 16.5. The number of hydrogen-bond donors (Lipinski definition) is 2. The number of aliphatic hydroxyl groups is 2. The van der Waals surface area contributed by atoms with Gasteiger partial charge < -0.3 is 19.8 Å². The monoisotopic (exact) mass is 416 g/mol. The first-order chi connectivity index (χ1) is 14.9. The summed E-state index contributed by atoms with van der Waals surface area (Å²) < 4.78 is 5.72. The lowest BCUT2D eigenvalue weighted by molar-refractivity contribution is 0.0954. The third kappa shape index (κ3) is 5.62. The maximum absolute atomic E-state index is 9.53. The second-order valence-electron chi connectivity index (χ2n) is 7.18. The van der Waals surface area contributed by atoms with Crippen molar-refractivity contribution in [1.82, 2.24) is 0 Å². The van der Waals surface area contributed by atoms with Crippen molar-refractivity contribution in [3.63, 3.8) is 0 Å². The molecule has 0 saturated carbocycles. The van der Waals surface area contributed by atoms with Crippen LogP contribution in [0.25, 0.3) is 6.08 Å². The standard InChI is InChI=1S/C24H24N4O3/c1-24(2)22(21(17-27)23(31-24)19(15-25)16-26)6-4-3-5-18-7-9-20(10-8-18)28(11-13-29)12-14-30/h3-10,29-30H,11-14H2,1-2H3/b5-3+,6-4+. The van der Waals surface area contributed by atoms with E-state index in [9.17, 15) is 5.26 Å². The van der Waals surface area contributed by atoms with E-state index in [1.54, 1.807) is 38.1 Å². The van der Waals surface area contributed by atoms with Crippen molar-refractivity contribution in [2.45, 2.75) is 19.4 Å². The van der Waals surface area contributed by atoms with Gasteiger partial charge in [-0.1, -0.05) is 36.4 Å². The van der Waals surface area contributed by atoms with Gasteiger partial charge in [-0.3, -0.25) is 0 Å². The zero-order chi connectivity index (χ0) is 22.9. The van der Waals surface area contributed by atoms with Crippen LogP contribution < -0.4 is 4.90 Å². The Morgan fingerprint density at radius 3 is 2.10 bits per heavy atom. The molecule has 0 aliphatic carbocycles. The highest BCUT2D eigenvalue weighted by Gasteiger charge is 2.38. The summed E-state index contributed by atoms with van der Waals surface area (Å²) in [4.78, 5) is 1.90.